The number of amides is 7. The summed E-state index contributed by atoms with van der Waals surface area (Å²) in [6.07, 6.45) is 2.80. The predicted octanol–water partition coefficient (Wildman–Crippen LogP) is 3.78. The second-order valence-electron chi connectivity index (χ2n) is 18.6. The van der Waals surface area contributed by atoms with Gasteiger partial charge in [0.15, 0.2) is 0 Å². The van der Waals surface area contributed by atoms with E-state index in [1.165, 1.54) is 36.9 Å². The number of hydrogen-bond acceptors (Lipinski definition) is 10. The molecule has 1 aliphatic heterocycles. The fourth-order valence-electron chi connectivity index (χ4n) is 6.22. The van der Waals surface area contributed by atoms with Gasteiger partial charge in [0, 0.05) is 63.3 Å². The van der Waals surface area contributed by atoms with Crippen LogP contribution in [0.4, 0.5) is 4.79 Å². The lowest BCUT2D eigenvalue weighted by atomic mass is 9.76. The van der Waals surface area contributed by atoms with Crippen molar-refractivity contribution in [2.75, 3.05) is 33.7 Å². The number of likely N-dealkylation sites (N-methyl/N-ethyl adjacent to an activating group) is 2. The smallest absolute Gasteiger partial charge is 0.410 e. The van der Waals surface area contributed by atoms with Crippen molar-refractivity contribution in [1.29, 1.82) is 0 Å². The van der Waals surface area contributed by atoms with Crippen LogP contribution in [-0.2, 0) is 48.5 Å². The fraction of sp³-hybridized carbons (Fsp3) is 0.591. The Morgan fingerprint density at radius 1 is 0.800 bits per heavy atom. The third kappa shape index (κ3) is 15.2. The molecule has 0 aromatic heterocycles. The van der Waals surface area contributed by atoms with Gasteiger partial charge in [0.1, 0.15) is 29.3 Å². The van der Waals surface area contributed by atoms with Gasteiger partial charge in [-0.3, -0.25) is 38.6 Å². The highest BCUT2D eigenvalue weighted by Crippen LogP contribution is 2.32. The Kier molecular flexibility index (Phi) is 17.4. The molecule has 0 bridgehead atoms. The molecule has 0 spiro atoms. The number of ether oxygens (including phenoxy) is 2. The summed E-state index contributed by atoms with van der Waals surface area (Å²) in [7, 11) is 3.02. The number of imide groups is 1. The molecule has 60 heavy (non-hydrogen) atoms. The van der Waals surface area contributed by atoms with E-state index in [-0.39, 0.29) is 38.0 Å². The number of nitrogens with one attached hydrogen (secondary N) is 3. The van der Waals surface area contributed by atoms with Gasteiger partial charge < -0.3 is 30.3 Å². The predicted molar refractivity (Wildman–Crippen MR) is 226 cm³/mol. The summed E-state index contributed by atoms with van der Waals surface area (Å²) in [5.41, 5.74) is -2.49. The van der Waals surface area contributed by atoms with Crippen LogP contribution in [-0.4, -0.2) is 125 Å². The van der Waals surface area contributed by atoms with E-state index in [4.69, 9.17) is 9.47 Å². The van der Waals surface area contributed by atoms with E-state index in [1.54, 1.807) is 62.3 Å². The molecule has 3 N–H and O–H groups in total. The van der Waals surface area contributed by atoms with Crippen molar-refractivity contribution in [1.82, 2.24) is 30.7 Å². The van der Waals surface area contributed by atoms with Crippen molar-refractivity contribution < 1.29 is 47.8 Å². The number of carbonyl (C=O) groups excluding carboxylic acids is 8. The van der Waals surface area contributed by atoms with Gasteiger partial charge in [0.05, 0.1) is 0 Å². The summed E-state index contributed by atoms with van der Waals surface area (Å²) in [5.74, 6) is -3.83. The zero-order chi connectivity index (χ0) is 46.0. The summed E-state index contributed by atoms with van der Waals surface area (Å²) in [6, 6.07) is 5.91. The molecule has 1 aromatic carbocycles. The number of nitrogens with zero attached hydrogens (tertiary/aromatic N) is 3. The lowest BCUT2D eigenvalue weighted by Gasteiger charge is -2.42. The topological polar surface area (TPSA) is 201 Å². The van der Waals surface area contributed by atoms with Gasteiger partial charge in [0.2, 0.25) is 23.6 Å². The van der Waals surface area contributed by atoms with Gasteiger partial charge >= 0.3 is 12.1 Å². The van der Waals surface area contributed by atoms with Gasteiger partial charge in [-0.05, 0) is 65.9 Å². The van der Waals surface area contributed by atoms with Crippen molar-refractivity contribution in [3.05, 3.63) is 59.7 Å². The van der Waals surface area contributed by atoms with Crippen molar-refractivity contribution in [3.8, 4) is 0 Å². The van der Waals surface area contributed by atoms with Crippen LogP contribution in [0.15, 0.2) is 54.1 Å². The molecule has 7 amide bonds. The fourth-order valence-corrected chi connectivity index (χ4v) is 6.22. The Morgan fingerprint density at radius 3 is 1.87 bits per heavy atom. The van der Waals surface area contributed by atoms with Gasteiger partial charge in [-0.25, -0.2) is 9.59 Å². The molecule has 0 radical (unpaired) electrons. The standard InChI is InChI=1S/C44H66N6O10/c1-28(36(54)46-30(39(57)59-42(5,6)7)20-21-31(51)45-25-27-50-32(52)22-23-33(50)53)24-26-48(13)38(56)34(41(2,3)4)47-37(55)35(49(14)40(58)60-43(8,9)10)44(11,12)29-18-16-15-17-19-29/h15-19,22-24,30,34-35H,20-21,25-27H2,1-14H3,(H,45,51)(H,46,54)(H,47,55)/b28-24+/t30-,34?,35-/m1/s1. The number of rotatable bonds is 17. The monoisotopic (exact) mass is 838 g/mol. The minimum absolute atomic E-state index is 0.00464. The highest BCUT2D eigenvalue weighted by Gasteiger charge is 2.45. The summed E-state index contributed by atoms with van der Waals surface area (Å²) in [4.78, 5) is 108. The molecule has 1 aliphatic rings. The molecule has 3 atom stereocenters. The van der Waals surface area contributed by atoms with Crippen molar-refractivity contribution in [3.63, 3.8) is 0 Å². The molecular formula is C44H66N6O10. The van der Waals surface area contributed by atoms with E-state index < -0.39 is 87.7 Å². The van der Waals surface area contributed by atoms with E-state index in [2.05, 4.69) is 16.0 Å². The minimum atomic E-state index is -1.21. The molecule has 0 saturated carbocycles. The first-order chi connectivity index (χ1) is 27.5. The van der Waals surface area contributed by atoms with Crippen LogP contribution < -0.4 is 16.0 Å². The summed E-state index contributed by atoms with van der Waals surface area (Å²) in [6.45, 7) is 20.7. The molecule has 16 nitrogen and oxygen atoms in total. The molecule has 0 aliphatic carbocycles. The van der Waals surface area contributed by atoms with Crippen LogP contribution in [0, 0.1) is 5.41 Å². The summed E-state index contributed by atoms with van der Waals surface area (Å²) < 4.78 is 11.1. The normalized spacial score (nSPS) is 15.1. The largest absolute Gasteiger partial charge is 0.458 e. The number of hydrogen-bond donors (Lipinski definition) is 3. The molecule has 1 unspecified atom stereocenters. The van der Waals surface area contributed by atoms with E-state index in [9.17, 15) is 38.4 Å². The average molecular weight is 839 g/mol. The average Bonchev–Trinajstić information content (AvgIpc) is 3.44. The van der Waals surface area contributed by atoms with Crippen LogP contribution >= 0.6 is 0 Å². The Bertz CT molecular complexity index is 1800. The SMILES string of the molecule is C/C(=C\CN(C)C(=O)C(NC(=O)[C@@H](N(C)C(=O)OC(C)(C)C)C(C)(C)c1ccccc1)C(C)(C)C)C(=O)N[C@H](CCC(=O)NCCN1C(=O)C=CC1=O)C(=O)OC(C)(C)C. The van der Waals surface area contributed by atoms with Crippen LogP contribution in [0.2, 0.25) is 0 Å². The van der Waals surface area contributed by atoms with E-state index in [0.717, 1.165) is 22.6 Å². The highest BCUT2D eigenvalue weighted by atomic mass is 16.6. The van der Waals surface area contributed by atoms with Crippen LogP contribution in [0.25, 0.3) is 0 Å². The number of esters is 1. The molecular weight excluding hydrogens is 773 g/mol. The zero-order valence-electron chi connectivity index (χ0n) is 37.8. The van der Waals surface area contributed by atoms with E-state index in [0.29, 0.717) is 0 Å². The number of benzene rings is 1. The third-order valence-corrected chi connectivity index (χ3v) is 9.54. The number of carbonyl (C=O) groups is 8. The molecule has 332 valence electrons. The first kappa shape index (κ1) is 50.6. The maximum Gasteiger partial charge on any atom is 0.410 e. The minimum Gasteiger partial charge on any atom is -0.458 e. The highest BCUT2D eigenvalue weighted by molar-refractivity contribution is 6.12. The first-order valence-corrected chi connectivity index (χ1v) is 20.0. The second-order valence-corrected chi connectivity index (χ2v) is 18.6. The molecule has 0 fully saturated rings. The van der Waals surface area contributed by atoms with E-state index in [1.807, 2.05) is 44.2 Å². The van der Waals surface area contributed by atoms with Crippen molar-refractivity contribution in [2.24, 2.45) is 5.41 Å². The van der Waals surface area contributed by atoms with Crippen LogP contribution in [0.5, 0.6) is 0 Å². The summed E-state index contributed by atoms with van der Waals surface area (Å²) in [5, 5.41) is 8.18. The lowest BCUT2D eigenvalue weighted by Crippen LogP contribution is -2.62. The molecule has 0 saturated heterocycles. The second kappa shape index (κ2) is 20.6. The molecule has 1 heterocycles. The van der Waals surface area contributed by atoms with Crippen molar-refractivity contribution in [2.45, 2.75) is 131 Å². The molecule has 1 aromatic rings. The van der Waals surface area contributed by atoms with Crippen LogP contribution in [0.3, 0.4) is 0 Å². The van der Waals surface area contributed by atoms with E-state index >= 15 is 0 Å². The van der Waals surface area contributed by atoms with Gasteiger partial charge in [0.25, 0.3) is 11.8 Å². The first-order valence-electron chi connectivity index (χ1n) is 20.0. The maximum absolute atomic E-state index is 14.4. The van der Waals surface area contributed by atoms with Crippen molar-refractivity contribution >= 4 is 47.5 Å². The third-order valence-electron chi connectivity index (χ3n) is 9.54. The Hall–Kier alpha value is -5.54. The Labute approximate surface area is 354 Å². The van der Waals surface area contributed by atoms with Gasteiger partial charge in [-0.2, -0.15) is 0 Å². The Balaban J connectivity index is 2.23. The maximum atomic E-state index is 14.4. The lowest BCUT2D eigenvalue weighted by molar-refractivity contribution is -0.158. The Morgan fingerprint density at radius 2 is 1.35 bits per heavy atom. The van der Waals surface area contributed by atoms with Gasteiger partial charge in [-0.15, -0.1) is 0 Å². The van der Waals surface area contributed by atoms with Crippen LogP contribution in [0.1, 0.15) is 101 Å². The quantitative estimate of drug-likeness (QED) is 0.118. The zero-order valence-corrected chi connectivity index (χ0v) is 37.8. The summed E-state index contributed by atoms with van der Waals surface area (Å²) >= 11 is 0. The molecule has 16 heteroatoms. The molecule has 2 rings (SSSR count). The van der Waals surface area contributed by atoms with Gasteiger partial charge in [-0.1, -0.05) is 71.0 Å².